The number of hydrogen-bond donors (Lipinski definition) is 0. The van der Waals surface area contributed by atoms with Crippen LogP contribution in [0.3, 0.4) is 0 Å². The summed E-state index contributed by atoms with van der Waals surface area (Å²) in [5.41, 5.74) is 0. The second-order valence-electron chi connectivity index (χ2n) is 8.91. The highest BCUT2D eigenvalue weighted by molar-refractivity contribution is 4.72. The van der Waals surface area contributed by atoms with Crippen LogP contribution in [0.4, 0.5) is 0 Å². The van der Waals surface area contributed by atoms with Crippen molar-refractivity contribution in [3.8, 4) is 0 Å². The van der Waals surface area contributed by atoms with E-state index >= 15 is 0 Å². The summed E-state index contributed by atoms with van der Waals surface area (Å²) in [6.45, 7) is 9.56. The van der Waals surface area contributed by atoms with Crippen molar-refractivity contribution in [2.24, 2.45) is 0 Å². The molecule has 0 heterocycles. The minimum atomic E-state index is -0.0336. The van der Waals surface area contributed by atoms with Crippen molar-refractivity contribution in [1.82, 2.24) is 0 Å². The van der Waals surface area contributed by atoms with Crippen LogP contribution >= 0.6 is 0 Å². The van der Waals surface area contributed by atoms with E-state index < -0.39 is 0 Å². The molecule has 0 aromatic rings. The minimum Gasteiger partial charge on any atom is -0.475 e. The molecular formula is C28H56O4. The number of rotatable bonds is 27. The van der Waals surface area contributed by atoms with E-state index in [4.69, 9.17) is 18.9 Å². The normalized spacial score (nSPS) is 11.8. The molecule has 0 aromatic heterocycles. The largest absolute Gasteiger partial charge is 0.475 e. The summed E-state index contributed by atoms with van der Waals surface area (Å²) in [5.74, 6) is 0. The van der Waals surface area contributed by atoms with Crippen molar-refractivity contribution in [3.05, 3.63) is 12.3 Å². The highest BCUT2D eigenvalue weighted by Crippen LogP contribution is 2.12. The average Bonchev–Trinajstić information content (AvgIpc) is 2.80. The third-order valence-electron chi connectivity index (χ3n) is 5.65. The quantitative estimate of drug-likeness (QED) is 0.0702. The van der Waals surface area contributed by atoms with E-state index in [1.165, 1.54) is 70.6 Å². The molecule has 4 nitrogen and oxygen atoms in total. The van der Waals surface area contributed by atoms with Crippen LogP contribution in [0.1, 0.15) is 136 Å². The van der Waals surface area contributed by atoms with E-state index in [9.17, 15) is 0 Å². The Labute approximate surface area is 200 Å². The molecule has 0 spiro atoms. The Morgan fingerprint density at radius 2 is 1.09 bits per heavy atom. The van der Waals surface area contributed by atoms with Crippen molar-refractivity contribution < 1.29 is 18.9 Å². The lowest BCUT2D eigenvalue weighted by Crippen LogP contribution is -2.19. The number of unbranched alkanes of at least 4 members (excludes halogenated alkanes) is 13. The second-order valence-corrected chi connectivity index (χ2v) is 8.91. The molecular weight excluding hydrogens is 400 g/mol. The standard InChI is InChI=1S/C28H56O4/c1-4-7-10-14-20-25-31-28(32-26-21-15-11-8-5-2)22-17-13-16-19-24-30-27-29-23-18-12-9-6-3/h19,24,28H,4-18,20-23,25-27H2,1-3H3. The van der Waals surface area contributed by atoms with Crippen LogP contribution < -0.4 is 0 Å². The SMILES string of the molecule is CCCCCCCOC(CCCCC=COCOCCCCCC)OCCCCCCC. The zero-order valence-electron chi connectivity index (χ0n) is 21.9. The zero-order chi connectivity index (χ0) is 23.4. The lowest BCUT2D eigenvalue weighted by Gasteiger charge is -2.19. The maximum Gasteiger partial charge on any atom is 0.188 e. The van der Waals surface area contributed by atoms with Gasteiger partial charge in [0.05, 0.1) is 12.9 Å². The van der Waals surface area contributed by atoms with Gasteiger partial charge in [-0.15, -0.1) is 0 Å². The van der Waals surface area contributed by atoms with Gasteiger partial charge in [0.1, 0.15) is 0 Å². The van der Waals surface area contributed by atoms with Gasteiger partial charge in [0.2, 0.25) is 0 Å². The first-order valence-electron chi connectivity index (χ1n) is 13.9. The molecule has 0 aliphatic rings. The summed E-state index contributed by atoms with van der Waals surface area (Å²) in [6.07, 6.45) is 25.8. The van der Waals surface area contributed by atoms with Gasteiger partial charge in [0, 0.05) is 13.2 Å². The molecule has 0 N–H and O–H groups in total. The van der Waals surface area contributed by atoms with Gasteiger partial charge >= 0.3 is 0 Å². The maximum absolute atomic E-state index is 6.08. The van der Waals surface area contributed by atoms with Gasteiger partial charge in [0.15, 0.2) is 13.1 Å². The summed E-state index contributed by atoms with van der Waals surface area (Å²) in [6, 6.07) is 0. The Balaban J connectivity index is 3.78. The molecule has 0 fully saturated rings. The van der Waals surface area contributed by atoms with E-state index in [1.54, 1.807) is 6.26 Å². The van der Waals surface area contributed by atoms with E-state index in [-0.39, 0.29) is 6.29 Å². The molecule has 0 atom stereocenters. The van der Waals surface area contributed by atoms with Crippen molar-refractivity contribution in [1.29, 1.82) is 0 Å². The Morgan fingerprint density at radius 1 is 0.562 bits per heavy atom. The van der Waals surface area contributed by atoms with Gasteiger partial charge in [-0.05, 0) is 51.0 Å². The Morgan fingerprint density at radius 3 is 1.69 bits per heavy atom. The van der Waals surface area contributed by atoms with Gasteiger partial charge in [-0.1, -0.05) is 91.4 Å². The maximum atomic E-state index is 6.08. The van der Waals surface area contributed by atoms with Crippen molar-refractivity contribution in [2.75, 3.05) is 26.6 Å². The number of hydrogen-bond acceptors (Lipinski definition) is 4. The van der Waals surface area contributed by atoms with Crippen molar-refractivity contribution in [2.45, 2.75) is 143 Å². The molecule has 0 aliphatic carbocycles. The van der Waals surface area contributed by atoms with Crippen LogP contribution in [0.2, 0.25) is 0 Å². The average molecular weight is 457 g/mol. The molecule has 0 unspecified atom stereocenters. The van der Waals surface area contributed by atoms with E-state index in [2.05, 4.69) is 26.8 Å². The summed E-state index contributed by atoms with van der Waals surface area (Å²) in [5, 5.41) is 0. The van der Waals surface area contributed by atoms with Gasteiger partial charge in [-0.3, -0.25) is 0 Å². The van der Waals surface area contributed by atoms with Gasteiger partial charge < -0.3 is 18.9 Å². The number of allylic oxidation sites excluding steroid dienone is 1. The van der Waals surface area contributed by atoms with Crippen molar-refractivity contribution >= 4 is 0 Å². The smallest absolute Gasteiger partial charge is 0.188 e. The Hall–Kier alpha value is -0.580. The summed E-state index contributed by atoms with van der Waals surface area (Å²) >= 11 is 0. The first-order valence-corrected chi connectivity index (χ1v) is 13.9. The molecule has 0 aromatic carbocycles. The predicted octanol–water partition coefficient (Wildman–Crippen LogP) is 8.93. The van der Waals surface area contributed by atoms with Gasteiger partial charge in [-0.25, -0.2) is 0 Å². The van der Waals surface area contributed by atoms with Crippen LogP contribution in [-0.4, -0.2) is 32.9 Å². The van der Waals surface area contributed by atoms with E-state index in [0.717, 1.165) is 64.8 Å². The topological polar surface area (TPSA) is 36.9 Å². The predicted molar refractivity (Wildman–Crippen MR) is 137 cm³/mol. The minimum absolute atomic E-state index is 0.0336. The zero-order valence-corrected chi connectivity index (χ0v) is 21.9. The summed E-state index contributed by atoms with van der Waals surface area (Å²) < 4.78 is 23.0. The van der Waals surface area contributed by atoms with Gasteiger partial charge in [0.25, 0.3) is 0 Å². The van der Waals surface area contributed by atoms with Crippen LogP contribution in [-0.2, 0) is 18.9 Å². The lowest BCUT2D eigenvalue weighted by molar-refractivity contribution is -0.148. The molecule has 0 radical (unpaired) electrons. The monoisotopic (exact) mass is 456 g/mol. The molecule has 0 saturated carbocycles. The lowest BCUT2D eigenvalue weighted by atomic mass is 10.1. The molecule has 0 rings (SSSR count). The molecule has 0 amide bonds. The van der Waals surface area contributed by atoms with Crippen molar-refractivity contribution in [3.63, 3.8) is 0 Å². The molecule has 0 bridgehead atoms. The Kier molecular flexibility index (Phi) is 27.9. The Bertz CT molecular complexity index is 343. The van der Waals surface area contributed by atoms with Crippen LogP contribution in [0.25, 0.3) is 0 Å². The molecule has 0 saturated heterocycles. The fourth-order valence-corrected chi connectivity index (χ4v) is 3.54. The molecule has 192 valence electrons. The first-order chi connectivity index (χ1) is 15.8. The van der Waals surface area contributed by atoms with Gasteiger partial charge in [-0.2, -0.15) is 0 Å². The van der Waals surface area contributed by atoms with E-state index in [1.807, 2.05) is 0 Å². The third kappa shape index (κ3) is 25.7. The van der Waals surface area contributed by atoms with Crippen LogP contribution in [0.15, 0.2) is 12.3 Å². The fraction of sp³-hybridized carbons (Fsp3) is 0.929. The van der Waals surface area contributed by atoms with E-state index in [0.29, 0.717) is 6.79 Å². The third-order valence-corrected chi connectivity index (χ3v) is 5.65. The highest BCUT2D eigenvalue weighted by atomic mass is 16.7. The fourth-order valence-electron chi connectivity index (χ4n) is 3.54. The number of ether oxygens (including phenoxy) is 4. The summed E-state index contributed by atoms with van der Waals surface area (Å²) in [4.78, 5) is 0. The highest BCUT2D eigenvalue weighted by Gasteiger charge is 2.09. The molecule has 4 heteroatoms. The summed E-state index contributed by atoms with van der Waals surface area (Å²) in [7, 11) is 0. The van der Waals surface area contributed by atoms with Crippen LogP contribution in [0.5, 0.6) is 0 Å². The molecule has 0 aliphatic heterocycles. The van der Waals surface area contributed by atoms with Crippen LogP contribution in [0, 0.1) is 0 Å². The second kappa shape index (κ2) is 28.5. The molecule has 32 heavy (non-hydrogen) atoms. The first kappa shape index (κ1) is 31.4.